The van der Waals surface area contributed by atoms with Gasteiger partial charge in [0, 0.05) is 17.7 Å². The molecule has 0 bridgehead atoms. The van der Waals surface area contributed by atoms with Crippen molar-refractivity contribution in [3.63, 3.8) is 0 Å². The quantitative estimate of drug-likeness (QED) is 0.685. The first kappa shape index (κ1) is 15.7. The van der Waals surface area contributed by atoms with Crippen molar-refractivity contribution < 1.29 is 27.6 Å². The molecule has 0 unspecified atom stereocenters. The second kappa shape index (κ2) is 5.60. The lowest BCUT2D eigenvalue weighted by Gasteiger charge is -2.07. The molecule has 22 heavy (non-hydrogen) atoms. The Bertz CT molecular complexity index is 727. The lowest BCUT2D eigenvalue weighted by atomic mass is 10.1. The number of halogens is 3. The number of nitrogens with zero attached hydrogens (tertiary/aromatic N) is 2. The van der Waals surface area contributed by atoms with E-state index in [0.717, 1.165) is 12.1 Å². The van der Waals surface area contributed by atoms with E-state index in [1.807, 2.05) is 0 Å². The van der Waals surface area contributed by atoms with Crippen LogP contribution in [-0.4, -0.2) is 15.4 Å². The van der Waals surface area contributed by atoms with E-state index >= 15 is 0 Å². The van der Waals surface area contributed by atoms with Gasteiger partial charge in [0.05, 0.1) is 4.92 Å². The van der Waals surface area contributed by atoms with Crippen LogP contribution in [0.4, 0.5) is 23.7 Å². The maximum atomic E-state index is 12.8. The smallest absolute Gasteiger partial charge is 0.407 e. The molecule has 116 valence electrons. The van der Waals surface area contributed by atoms with Crippen molar-refractivity contribution >= 4 is 23.3 Å². The number of non-ortho nitro benzene ring substituents is 1. The van der Waals surface area contributed by atoms with Gasteiger partial charge in [-0.3, -0.25) is 10.1 Å². The van der Waals surface area contributed by atoms with Gasteiger partial charge in [-0.25, -0.2) is 4.79 Å². The highest BCUT2D eigenvalue weighted by atomic mass is 32.1. The van der Waals surface area contributed by atoms with Gasteiger partial charge in [-0.15, -0.1) is 0 Å². The van der Waals surface area contributed by atoms with Gasteiger partial charge in [0.25, 0.3) is 5.69 Å². The van der Waals surface area contributed by atoms with Crippen LogP contribution in [-0.2, 0) is 6.18 Å². The van der Waals surface area contributed by atoms with Crippen LogP contribution in [0.15, 0.2) is 24.3 Å². The van der Waals surface area contributed by atoms with Gasteiger partial charge in [0.1, 0.15) is 5.69 Å². The summed E-state index contributed by atoms with van der Waals surface area (Å²) >= 11 is 0.0888. The van der Waals surface area contributed by atoms with E-state index < -0.39 is 27.8 Å². The van der Waals surface area contributed by atoms with Crippen LogP contribution in [0.1, 0.15) is 4.88 Å². The van der Waals surface area contributed by atoms with Crippen LogP contribution in [0, 0.1) is 10.1 Å². The first-order chi connectivity index (χ1) is 10.2. The first-order valence-corrected chi connectivity index (χ1v) is 6.26. The molecule has 2 N–H and O–H groups in total. The summed E-state index contributed by atoms with van der Waals surface area (Å²) in [6, 6.07) is 4.58. The first-order valence-electron chi connectivity index (χ1n) is 5.49. The lowest BCUT2D eigenvalue weighted by molar-refractivity contribution is -0.384. The number of nitro benzene ring substituents is 1. The number of amides is 1. The Kier molecular flexibility index (Phi) is 3.99. The molecule has 1 aromatic heterocycles. The van der Waals surface area contributed by atoms with Crippen molar-refractivity contribution in [2.24, 2.45) is 5.73 Å². The molecule has 0 saturated heterocycles. The van der Waals surface area contributed by atoms with E-state index in [1.54, 1.807) is 0 Å². The number of benzene rings is 1. The molecule has 2 rings (SSSR count). The van der Waals surface area contributed by atoms with Gasteiger partial charge in [-0.2, -0.15) is 17.5 Å². The van der Waals surface area contributed by atoms with E-state index in [0.29, 0.717) is 0 Å². The fourth-order valence-electron chi connectivity index (χ4n) is 1.58. The minimum Gasteiger partial charge on any atom is -0.407 e. The summed E-state index contributed by atoms with van der Waals surface area (Å²) in [6.07, 6.45) is -6.20. The number of nitrogens with two attached hydrogens (primary N) is 1. The molecule has 0 radical (unpaired) electrons. The minimum absolute atomic E-state index is 0.0888. The average Bonchev–Trinajstić information content (AvgIpc) is 2.81. The maximum absolute atomic E-state index is 12.8. The van der Waals surface area contributed by atoms with E-state index in [9.17, 15) is 28.1 Å². The van der Waals surface area contributed by atoms with Crippen LogP contribution in [0.5, 0.6) is 5.75 Å². The number of aromatic nitrogens is 1. The van der Waals surface area contributed by atoms with Crippen LogP contribution >= 0.6 is 11.5 Å². The lowest BCUT2D eigenvalue weighted by Crippen LogP contribution is -2.18. The highest BCUT2D eigenvalue weighted by molar-refractivity contribution is 7.06. The van der Waals surface area contributed by atoms with E-state index in [-0.39, 0.29) is 28.5 Å². The molecular weight excluding hydrogens is 327 g/mol. The number of primary amides is 1. The zero-order chi connectivity index (χ0) is 16.5. The predicted octanol–water partition coefficient (Wildman–Crippen LogP) is 3.19. The van der Waals surface area contributed by atoms with Crippen molar-refractivity contribution in [2.45, 2.75) is 6.18 Å². The minimum atomic E-state index is -4.78. The van der Waals surface area contributed by atoms with Gasteiger partial charge in [0.2, 0.25) is 0 Å². The maximum Gasteiger partial charge on any atom is 0.430 e. The number of nitro groups is 1. The fraction of sp³-hybridized carbons (Fsp3) is 0.0909. The van der Waals surface area contributed by atoms with Crippen LogP contribution in [0.2, 0.25) is 0 Å². The summed E-state index contributed by atoms with van der Waals surface area (Å²) in [5, 5.41) is 10.6. The summed E-state index contributed by atoms with van der Waals surface area (Å²) in [7, 11) is 0. The number of carbonyl (C=O) groups excluding carboxylic acids is 1. The Balaban J connectivity index is 2.52. The summed E-state index contributed by atoms with van der Waals surface area (Å²) < 4.78 is 46.5. The second-order valence-electron chi connectivity index (χ2n) is 3.91. The molecule has 1 amide bonds. The molecule has 0 saturated carbocycles. The van der Waals surface area contributed by atoms with Gasteiger partial charge >= 0.3 is 12.3 Å². The number of carbonyl (C=O) groups is 1. The van der Waals surface area contributed by atoms with Crippen LogP contribution in [0.3, 0.4) is 0 Å². The second-order valence-corrected chi connectivity index (χ2v) is 4.69. The SMILES string of the molecule is NC(=O)Oc1c(-c2ccc([N+](=O)[O-])cc2)nsc1C(F)(F)F. The molecule has 0 spiro atoms. The van der Waals surface area contributed by atoms with Crippen molar-refractivity contribution in [1.29, 1.82) is 0 Å². The summed E-state index contributed by atoms with van der Waals surface area (Å²) in [5.74, 6) is -0.821. The number of rotatable bonds is 3. The molecule has 1 heterocycles. The largest absolute Gasteiger partial charge is 0.430 e. The highest BCUT2D eigenvalue weighted by Gasteiger charge is 2.39. The van der Waals surface area contributed by atoms with Crippen molar-refractivity contribution in [2.75, 3.05) is 0 Å². The highest BCUT2D eigenvalue weighted by Crippen LogP contribution is 2.44. The van der Waals surface area contributed by atoms with Gasteiger partial charge < -0.3 is 10.5 Å². The molecule has 0 fully saturated rings. The number of alkyl halides is 3. The van der Waals surface area contributed by atoms with Crippen LogP contribution in [0.25, 0.3) is 11.3 Å². The van der Waals surface area contributed by atoms with Crippen LogP contribution < -0.4 is 10.5 Å². The van der Waals surface area contributed by atoms with Gasteiger partial charge in [0.15, 0.2) is 10.6 Å². The Morgan fingerprint density at radius 1 is 1.32 bits per heavy atom. The monoisotopic (exact) mass is 333 g/mol. The molecule has 0 atom stereocenters. The molecule has 0 aliphatic carbocycles. The van der Waals surface area contributed by atoms with E-state index in [1.165, 1.54) is 12.1 Å². The zero-order valence-corrected chi connectivity index (χ0v) is 11.3. The third kappa shape index (κ3) is 3.14. The number of ether oxygens (including phenoxy) is 1. The topological polar surface area (TPSA) is 108 Å². The van der Waals surface area contributed by atoms with Gasteiger partial charge in [-0.05, 0) is 23.7 Å². The summed E-state index contributed by atoms with van der Waals surface area (Å²) in [4.78, 5) is 19.5. The summed E-state index contributed by atoms with van der Waals surface area (Å²) in [6.45, 7) is 0. The standard InChI is InChI=1S/C11H6F3N3O4S/c12-11(13,14)9-8(21-10(15)18)7(16-22-9)5-1-3-6(4-2-5)17(19)20/h1-4H,(H2,15,18). The molecule has 0 aliphatic heterocycles. The Labute approximate surface area is 124 Å². The number of hydrogen-bond donors (Lipinski definition) is 1. The molecule has 7 nitrogen and oxygen atoms in total. The van der Waals surface area contributed by atoms with Gasteiger partial charge in [-0.1, -0.05) is 0 Å². The Morgan fingerprint density at radius 3 is 2.36 bits per heavy atom. The van der Waals surface area contributed by atoms with Crippen molar-refractivity contribution in [1.82, 2.24) is 4.37 Å². The molecule has 1 aromatic carbocycles. The Hall–Kier alpha value is -2.69. The normalized spacial score (nSPS) is 11.2. The third-order valence-corrected chi connectivity index (χ3v) is 3.33. The fourth-order valence-corrected chi connectivity index (χ4v) is 2.28. The number of hydrogen-bond acceptors (Lipinski definition) is 6. The van der Waals surface area contributed by atoms with E-state index in [2.05, 4.69) is 9.11 Å². The van der Waals surface area contributed by atoms with E-state index in [4.69, 9.17) is 5.73 Å². The molecule has 2 aromatic rings. The predicted molar refractivity (Wildman–Crippen MR) is 69.4 cm³/mol. The molecular formula is C11H6F3N3O4S. The summed E-state index contributed by atoms with van der Waals surface area (Å²) in [5.41, 5.74) is 4.37. The van der Waals surface area contributed by atoms with Crippen molar-refractivity contribution in [3.8, 4) is 17.0 Å². The average molecular weight is 333 g/mol. The molecule has 11 heteroatoms. The zero-order valence-electron chi connectivity index (χ0n) is 10.5. The molecule has 0 aliphatic rings. The van der Waals surface area contributed by atoms with Crippen molar-refractivity contribution in [3.05, 3.63) is 39.3 Å². The Morgan fingerprint density at radius 2 is 1.91 bits per heavy atom. The third-order valence-electron chi connectivity index (χ3n) is 2.46.